The van der Waals surface area contributed by atoms with Gasteiger partial charge in [-0.3, -0.25) is 14.3 Å². The van der Waals surface area contributed by atoms with Crippen molar-refractivity contribution in [3.05, 3.63) is 18.0 Å². The zero-order valence-electron chi connectivity index (χ0n) is 14.1. The Hall–Kier alpha value is -1.93. The number of hydrogen-bond donors (Lipinski definition) is 1. The third-order valence-corrected chi connectivity index (χ3v) is 4.48. The lowest BCUT2D eigenvalue weighted by Gasteiger charge is -2.39. The van der Waals surface area contributed by atoms with Crippen molar-refractivity contribution < 1.29 is 14.3 Å². The van der Waals surface area contributed by atoms with E-state index in [1.807, 2.05) is 6.92 Å². The smallest absolute Gasteiger partial charge is 0.272 e. The van der Waals surface area contributed by atoms with Crippen LogP contribution in [0.25, 0.3) is 0 Å². The summed E-state index contributed by atoms with van der Waals surface area (Å²) in [7, 11) is 0. The monoisotopic (exact) mass is 335 g/mol. The summed E-state index contributed by atoms with van der Waals surface area (Å²) in [6.07, 6.45) is 2.55. The third kappa shape index (κ3) is 3.44. The summed E-state index contributed by atoms with van der Waals surface area (Å²) in [5.41, 5.74) is 0.554. The molecule has 0 unspecified atom stereocenters. The van der Waals surface area contributed by atoms with Crippen LogP contribution in [0.1, 0.15) is 23.8 Å². The molecule has 1 atom stereocenters. The van der Waals surface area contributed by atoms with Gasteiger partial charge in [0.15, 0.2) is 0 Å². The number of aryl methyl sites for hydroxylation is 1. The standard InChI is InChI=1S/C16H25N5O3/c1-2-6-21-13(3-4-18-21)16(23)20-7-5-17-12-14(20)15(22)19-8-10-24-11-9-19/h3-4,14,17H,2,5-12H2,1H3/t14-/m0/s1. The van der Waals surface area contributed by atoms with E-state index in [2.05, 4.69) is 10.4 Å². The maximum Gasteiger partial charge on any atom is 0.272 e. The number of piperazine rings is 1. The number of aromatic nitrogens is 2. The van der Waals surface area contributed by atoms with Gasteiger partial charge >= 0.3 is 0 Å². The molecule has 2 aliphatic heterocycles. The summed E-state index contributed by atoms with van der Waals surface area (Å²) in [6, 6.07) is 1.27. The quantitative estimate of drug-likeness (QED) is 0.807. The topological polar surface area (TPSA) is 79.7 Å². The van der Waals surface area contributed by atoms with Gasteiger partial charge in [0.25, 0.3) is 5.91 Å². The van der Waals surface area contributed by atoms with E-state index in [-0.39, 0.29) is 11.8 Å². The van der Waals surface area contributed by atoms with Crippen molar-refractivity contribution in [1.82, 2.24) is 24.9 Å². The van der Waals surface area contributed by atoms with Crippen LogP contribution in [0.3, 0.4) is 0 Å². The van der Waals surface area contributed by atoms with E-state index in [0.29, 0.717) is 58.2 Å². The highest BCUT2D eigenvalue weighted by molar-refractivity contribution is 5.96. The first-order valence-corrected chi connectivity index (χ1v) is 8.62. The molecule has 2 saturated heterocycles. The number of rotatable bonds is 4. The third-order valence-electron chi connectivity index (χ3n) is 4.48. The molecule has 0 spiro atoms. The van der Waals surface area contributed by atoms with E-state index < -0.39 is 6.04 Å². The van der Waals surface area contributed by atoms with Crippen LogP contribution in [0.15, 0.2) is 12.3 Å². The molecule has 1 aromatic heterocycles. The molecule has 2 amide bonds. The van der Waals surface area contributed by atoms with E-state index >= 15 is 0 Å². The zero-order chi connectivity index (χ0) is 16.9. The Morgan fingerprint density at radius 1 is 1.33 bits per heavy atom. The molecule has 0 aromatic carbocycles. The molecule has 8 heteroatoms. The van der Waals surface area contributed by atoms with Crippen molar-refractivity contribution in [3.63, 3.8) is 0 Å². The van der Waals surface area contributed by atoms with Gasteiger partial charge in [-0.1, -0.05) is 6.92 Å². The van der Waals surface area contributed by atoms with Crippen molar-refractivity contribution in [2.75, 3.05) is 45.9 Å². The Labute approximate surface area is 141 Å². The van der Waals surface area contributed by atoms with Crippen LogP contribution in [-0.4, -0.2) is 83.4 Å². The minimum Gasteiger partial charge on any atom is -0.378 e. The van der Waals surface area contributed by atoms with Crippen molar-refractivity contribution in [1.29, 1.82) is 0 Å². The van der Waals surface area contributed by atoms with Gasteiger partial charge in [-0.15, -0.1) is 0 Å². The summed E-state index contributed by atoms with van der Waals surface area (Å²) in [4.78, 5) is 29.3. The molecule has 3 heterocycles. The van der Waals surface area contributed by atoms with E-state index in [9.17, 15) is 9.59 Å². The first kappa shape index (κ1) is 16.9. The molecule has 8 nitrogen and oxygen atoms in total. The molecule has 3 rings (SSSR count). The molecular formula is C16H25N5O3. The molecule has 24 heavy (non-hydrogen) atoms. The lowest BCUT2D eigenvalue weighted by Crippen LogP contribution is -2.61. The van der Waals surface area contributed by atoms with Crippen LogP contribution >= 0.6 is 0 Å². The number of carbonyl (C=O) groups is 2. The number of nitrogens with zero attached hydrogens (tertiary/aromatic N) is 4. The van der Waals surface area contributed by atoms with Gasteiger partial charge in [0.2, 0.25) is 5.91 Å². The predicted molar refractivity (Wildman–Crippen MR) is 87.6 cm³/mol. The second-order valence-electron chi connectivity index (χ2n) is 6.10. The minimum atomic E-state index is -0.464. The summed E-state index contributed by atoms with van der Waals surface area (Å²) in [5, 5.41) is 7.45. The van der Waals surface area contributed by atoms with Gasteiger partial charge in [-0.05, 0) is 12.5 Å². The van der Waals surface area contributed by atoms with Gasteiger partial charge in [0.1, 0.15) is 11.7 Å². The van der Waals surface area contributed by atoms with Gasteiger partial charge in [-0.25, -0.2) is 0 Å². The van der Waals surface area contributed by atoms with Crippen LogP contribution in [0.2, 0.25) is 0 Å². The van der Waals surface area contributed by atoms with E-state index in [1.54, 1.807) is 26.7 Å². The normalized spacial score (nSPS) is 21.8. The number of ether oxygens (including phenoxy) is 1. The number of morpholine rings is 1. The highest BCUT2D eigenvalue weighted by Crippen LogP contribution is 2.14. The van der Waals surface area contributed by atoms with Crippen LogP contribution in [0, 0.1) is 0 Å². The fraction of sp³-hybridized carbons (Fsp3) is 0.688. The molecule has 0 saturated carbocycles. The highest BCUT2D eigenvalue weighted by Gasteiger charge is 2.36. The second kappa shape index (κ2) is 7.76. The van der Waals surface area contributed by atoms with Gasteiger partial charge in [-0.2, -0.15) is 5.10 Å². The first-order valence-electron chi connectivity index (χ1n) is 8.62. The van der Waals surface area contributed by atoms with Crippen LogP contribution < -0.4 is 5.32 Å². The fourth-order valence-electron chi connectivity index (χ4n) is 3.21. The van der Waals surface area contributed by atoms with Crippen molar-refractivity contribution in [3.8, 4) is 0 Å². The molecule has 0 bridgehead atoms. The average Bonchev–Trinajstić information content (AvgIpc) is 3.10. The Kier molecular flexibility index (Phi) is 5.47. The highest BCUT2D eigenvalue weighted by atomic mass is 16.5. The Balaban J connectivity index is 1.77. The Bertz CT molecular complexity index is 582. The van der Waals surface area contributed by atoms with Crippen molar-refractivity contribution in [2.24, 2.45) is 0 Å². The second-order valence-corrected chi connectivity index (χ2v) is 6.10. The SMILES string of the molecule is CCCn1nccc1C(=O)N1CCNC[C@H]1C(=O)N1CCOCC1. The molecule has 1 N–H and O–H groups in total. The summed E-state index contributed by atoms with van der Waals surface area (Å²) < 4.78 is 7.03. The minimum absolute atomic E-state index is 0.000377. The zero-order valence-corrected chi connectivity index (χ0v) is 14.1. The predicted octanol–water partition coefficient (Wildman–Crippen LogP) is -0.434. The molecule has 2 fully saturated rings. The van der Waals surface area contributed by atoms with E-state index in [1.165, 1.54) is 0 Å². The fourth-order valence-corrected chi connectivity index (χ4v) is 3.21. The molecular weight excluding hydrogens is 310 g/mol. The number of amides is 2. The first-order chi connectivity index (χ1) is 11.7. The van der Waals surface area contributed by atoms with Crippen LogP contribution in [0.5, 0.6) is 0 Å². The van der Waals surface area contributed by atoms with Gasteiger partial charge in [0, 0.05) is 45.5 Å². The van der Waals surface area contributed by atoms with Gasteiger partial charge in [0.05, 0.1) is 13.2 Å². The van der Waals surface area contributed by atoms with Crippen LogP contribution in [0.4, 0.5) is 0 Å². The van der Waals surface area contributed by atoms with Crippen molar-refractivity contribution >= 4 is 11.8 Å². The maximum absolute atomic E-state index is 13.0. The summed E-state index contributed by atoms with van der Waals surface area (Å²) in [6.45, 7) is 6.75. The summed E-state index contributed by atoms with van der Waals surface area (Å²) in [5.74, 6) is -0.116. The lowest BCUT2D eigenvalue weighted by molar-refractivity contribution is -0.140. The van der Waals surface area contributed by atoms with Crippen molar-refractivity contribution in [2.45, 2.75) is 25.9 Å². The molecule has 2 aliphatic rings. The molecule has 0 radical (unpaired) electrons. The van der Waals surface area contributed by atoms with Gasteiger partial charge < -0.3 is 19.9 Å². The van der Waals surface area contributed by atoms with E-state index in [4.69, 9.17) is 4.74 Å². The largest absolute Gasteiger partial charge is 0.378 e. The number of nitrogens with one attached hydrogen (secondary N) is 1. The number of hydrogen-bond acceptors (Lipinski definition) is 5. The lowest BCUT2D eigenvalue weighted by atomic mass is 10.1. The molecule has 1 aromatic rings. The molecule has 132 valence electrons. The van der Waals surface area contributed by atoms with Crippen LogP contribution in [-0.2, 0) is 16.1 Å². The number of carbonyl (C=O) groups excluding carboxylic acids is 2. The Morgan fingerprint density at radius 2 is 2.12 bits per heavy atom. The maximum atomic E-state index is 13.0. The average molecular weight is 335 g/mol. The Morgan fingerprint density at radius 3 is 2.88 bits per heavy atom. The summed E-state index contributed by atoms with van der Waals surface area (Å²) >= 11 is 0. The molecule has 0 aliphatic carbocycles. The van der Waals surface area contributed by atoms with E-state index in [0.717, 1.165) is 6.42 Å².